The lowest BCUT2D eigenvalue weighted by molar-refractivity contribution is 0.0939. The van der Waals surface area contributed by atoms with Crippen LogP contribution in [-0.4, -0.2) is 24.0 Å². The minimum atomic E-state index is -0.106. The topological polar surface area (TPSA) is 67.2 Å². The van der Waals surface area contributed by atoms with Gasteiger partial charge in [0.25, 0.3) is 5.91 Å². The first kappa shape index (κ1) is 14.1. The molecule has 0 spiro atoms. The van der Waals surface area contributed by atoms with E-state index in [0.717, 1.165) is 11.5 Å². The molecule has 0 aliphatic heterocycles. The molecule has 5 heteroatoms. The van der Waals surface area contributed by atoms with Gasteiger partial charge in [-0.3, -0.25) is 4.79 Å². The van der Waals surface area contributed by atoms with Gasteiger partial charge in [0.15, 0.2) is 0 Å². The predicted molar refractivity (Wildman–Crippen MR) is 77.9 cm³/mol. The first-order valence-electron chi connectivity index (χ1n) is 6.58. The highest BCUT2D eigenvalue weighted by atomic mass is 16.3. The Labute approximate surface area is 118 Å². The molecule has 0 aliphatic rings. The van der Waals surface area contributed by atoms with Crippen LogP contribution in [0.15, 0.2) is 34.9 Å². The van der Waals surface area contributed by atoms with Gasteiger partial charge in [0, 0.05) is 30.8 Å². The van der Waals surface area contributed by atoms with Gasteiger partial charge in [-0.1, -0.05) is 0 Å². The summed E-state index contributed by atoms with van der Waals surface area (Å²) < 4.78 is 5.28. The molecule has 0 radical (unpaired) electrons. The Morgan fingerprint density at radius 3 is 2.90 bits per heavy atom. The van der Waals surface area contributed by atoms with Crippen molar-refractivity contribution in [2.24, 2.45) is 0 Å². The number of amides is 1. The molecule has 2 aromatic rings. The van der Waals surface area contributed by atoms with E-state index in [1.54, 1.807) is 25.4 Å². The van der Waals surface area contributed by atoms with Crippen LogP contribution in [0.2, 0.25) is 0 Å². The fourth-order valence-electron chi connectivity index (χ4n) is 2.02. The zero-order valence-electron chi connectivity index (χ0n) is 11.9. The molecule has 2 aromatic heterocycles. The largest absolute Gasteiger partial charge is 0.469 e. The molecule has 1 atom stereocenters. The van der Waals surface area contributed by atoms with E-state index in [1.807, 2.05) is 26.0 Å². The number of carbonyl (C=O) groups excluding carboxylic acids is 1. The predicted octanol–water partition coefficient (Wildman–Crippen LogP) is 2.39. The van der Waals surface area contributed by atoms with Gasteiger partial charge in [0.05, 0.1) is 6.26 Å². The first-order chi connectivity index (χ1) is 9.58. The van der Waals surface area contributed by atoms with Crippen molar-refractivity contribution in [3.05, 3.63) is 47.5 Å². The number of nitrogens with zero attached hydrogens (tertiary/aromatic N) is 1. The number of hydrogen-bond donors (Lipinski definition) is 2. The van der Waals surface area contributed by atoms with Gasteiger partial charge >= 0.3 is 0 Å². The highest BCUT2D eigenvalue weighted by Crippen LogP contribution is 2.10. The summed E-state index contributed by atoms with van der Waals surface area (Å²) in [4.78, 5) is 16.5. The molecule has 2 heterocycles. The summed E-state index contributed by atoms with van der Waals surface area (Å²) in [5.74, 6) is 1.44. The number of anilines is 1. The first-order valence-corrected chi connectivity index (χ1v) is 6.58. The van der Waals surface area contributed by atoms with Crippen LogP contribution in [0.4, 0.5) is 5.82 Å². The summed E-state index contributed by atoms with van der Waals surface area (Å²) >= 11 is 0. The maximum atomic E-state index is 12.2. The summed E-state index contributed by atoms with van der Waals surface area (Å²) in [5, 5.41) is 5.91. The van der Waals surface area contributed by atoms with Gasteiger partial charge in [0.2, 0.25) is 0 Å². The average molecular weight is 273 g/mol. The summed E-state index contributed by atoms with van der Waals surface area (Å²) in [6.45, 7) is 3.82. The number of hydrogen-bond acceptors (Lipinski definition) is 4. The molecular formula is C15H19N3O2. The lowest BCUT2D eigenvalue weighted by atomic mass is 10.1. The van der Waals surface area contributed by atoms with E-state index < -0.39 is 0 Å². The molecule has 0 aliphatic carbocycles. The number of furan rings is 1. The Balaban J connectivity index is 2.02. The smallest absolute Gasteiger partial charge is 0.251 e. The van der Waals surface area contributed by atoms with Crippen molar-refractivity contribution in [3.8, 4) is 0 Å². The number of pyridine rings is 1. The van der Waals surface area contributed by atoms with Crippen molar-refractivity contribution >= 4 is 11.7 Å². The lowest BCUT2D eigenvalue weighted by Crippen LogP contribution is -2.34. The van der Waals surface area contributed by atoms with Crippen molar-refractivity contribution in [3.63, 3.8) is 0 Å². The SMILES string of the molecule is CNc1cc(C(=O)NC(C)Cc2ccco2)cc(C)n1. The van der Waals surface area contributed by atoms with Crippen LogP contribution in [0.25, 0.3) is 0 Å². The second-order valence-corrected chi connectivity index (χ2v) is 4.79. The van der Waals surface area contributed by atoms with E-state index in [-0.39, 0.29) is 11.9 Å². The van der Waals surface area contributed by atoms with Crippen molar-refractivity contribution in [1.82, 2.24) is 10.3 Å². The number of carbonyl (C=O) groups is 1. The van der Waals surface area contributed by atoms with Crippen LogP contribution < -0.4 is 10.6 Å². The van der Waals surface area contributed by atoms with Gasteiger partial charge in [-0.15, -0.1) is 0 Å². The Morgan fingerprint density at radius 2 is 2.25 bits per heavy atom. The monoisotopic (exact) mass is 273 g/mol. The van der Waals surface area contributed by atoms with Crippen LogP contribution in [0, 0.1) is 6.92 Å². The highest BCUT2D eigenvalue weighted by Gasteiger charge is 2.12. The number of aryl methyl sites for hydroxylation is 1. The molecule has 0 bridgehead atoms. The Kier molecular flexibility index (Phi) is 4.40. The maximum absolute atomic E-state index is 12.2. The molecule has 106 valence electrons. The molecule has 2 rings (SSSR count). The van der Waals surface area contributed by atoms with Gasteiger partial charge in [-0.25, -0.2) is 4.98 Å². The molecule has 1 amide bonds. The van der Waals surface area contributed by atoms with E-state index >= 15 is 0 Å². The van der Waals surface area contributed by atoms with E-state index in [1.165, 1.54) is 0 Å². The second kappa shape index (κ2) is 6.23. The molecular weight excluding hydrogens is 254 g/mol. The fraction of sp³-hybridized carbons (Fsp3) is 0.333. The Hall–Kier alpha value is -2.30. The van der Waals surface area contributed by atoms with E-state index in [0.29, 0.717) is 17.8 Å². The molecule has 0 saturated heterocycles. The summed E-state index contributed by atoms with van der Waals surface area (Å²) in [6.07, 6.45) is 2.30. The van der Waals surface area contributed by atoms with Gasteiger partial charge in [-0.05, 0) is 38.1 Å². The molecule has 1 unspecified atom stereocenters. The van der Waals surface area contributed by atoms with Crippen molar-refractivity contribution in [1.29, 1.82) is 0 Å². The van der Waals surface area contributed by atoms with Gasteiger partial charge < -0.3 is 15.1 Å². The van der Waals surface area contributed by atoms with Crippen LogP contribution >= 0.6 is 0 Å². The molecule has 20 heavy (non-hydrogen) atoms. The summed E-state index contributed by atoms with van der Waals surface area (Å²) in [5.41, 5.74) is 1.41. The number of aromatic nitrogens is 1. The van der Waals surface area contributed by atoms with Crippen molar-refractivity contribution < 1.29 is 9.21 Å². The van der Waals surface area contributed by atoms with Crippen LogP contribution in [0.5, 0.6) is 0 Å². The number of nitrogens with one attached hydrogen (secondary N) is 2. The summed E-state index contributed by atoms with van der Waals surface area (Å²) in [6, 6.07) is 7.26. The quantitative estimate of drug-likeness (QED) is 0.877. The van der Waals surface area contributed by atoms with E-state index in [4.69, 9.17) is 4.42 Å². The molecule has 0 fully saturated rings. The zero-order valence-corrected chi connectivity index (χ0v) is 11.9. The molecule has 2 N–H and O–H groups in total. The standard InChI is InChI=1S/C15H19N3O2/c1-10-7-12(9-14(16-3)17-10)15(19)18-11(2)8-13-5-4-6-20-13/h4-7,9,11H,8H2,1-3H3,(H,16,17)(H,18,19). The van der Waals surface area contributed by atoms with E-state index in [2.05, 4.69) is 15.6 Å². The highest BCUT2D eigenvalue weighted by molar-refractivity contribution is 5.95. The van der Waals surface area contributed by atoms with Gasteiger partial charge in [-0.2, -0.15) is 0 Å². The Morgan fingerprint density at radius 1 is 1.45 bits per heavy atom. The molecule has 0 aromatic carbocycles. The minimum absolute atomic E-state index is 0.000146. The molecule has 0 saturated carbocycles. The normalized spacial score (nSPS) is 11.9. The lowest BCUT2D eigenvalue weighted by Gasteiger charge is -2.13. The van der Waals surface area contributed by atoms with Crippen LogP contribution in [0.3, 0.4) is 0 Å². The van der Waals surface area contributed by atoms with Gasteiger partial charge in [0.1, 0.15) is 11.6 Å². The third-order valence-electron chi connectivity index (χ3n) is 2.94. The number of rotatable bonds is 5. The van der Waals surface area contributed by atoms with Crippen LogP contribution in [-0.2, 0) is 6.42 Å². The third kappa shape index (κ3) is 3.60. The van der Waals surface area contributed by atoms with Crippen LogP contribution in [0.1, 0.15) is 28.7 Å². The summed E-state index contributed by atoms with van der Waals surface area (Å²) in [7, 11) is 1.78. The zero-order chi connectivity index (χ0) is 14.5. The van der Waals surface area contributed by atoms with Crippen molar-refractivity contribution in [2.75, 3.05) is 12.4 Å². The fourth-order valence-corrected chi connectivity index (χ4v) is 2.02. The van der Waals surface area contributed by atoms with E-state index in [9.17, 15) is 4.79 Å². The minimum Gasteiger partial charge on any atom is -0.469 e. The van der Waals surface area contributed by atoms with Crippen molar-refractivity contribution in [2.45, 2.75) is 26.3 Å². The average Bonchev–Trinajstić information content (AvgIpc) is 2.90. The maximum Gasteiger partial charge on any atom is 0.251 e. The Bertz CT molecular complexity index is 579. The second-order valence-electron chi connectivity index (χ2n) is 4.79. The molecule has 5 nitrogen and oxygen atoms in total. The third-order valence-corrected chi connectivity index (χ3v) is 2.94.